The maximum Gasteiger partial charge on any atom is 0.407 e. The topological polar surface area (TPSA) is 88.7 Å². The summed E-state index contributed by atoms with van der Waals surface area (Å²) in [6.07, 6.45) is 2.28. The summed E-state index contributed by atoms with van der Waals surface area (Å²) in [5.74, 6) is 0.334. The van der Waals surface area contributed by atoms with E-state index in [1.165, 1.54) is 5.56 Å². The minimum Gasteiger partial charge on any atom is -0.444 e. The van der Waals surface area contributed by atoms with Crippen LogP contribution in [0.2, 0.25) is 0 Å². The van der Waals surface area contributed by atoms with Gasteiger partial charge < -0.3 is 21.1 Å². The first-order chi connectivity index (χ1) is 11.7. The van der Waals surface area contributed by atoms with Gasteiger partial charge in [0.25, 0.3) is 0 Å². The predicted molar refractivity (Wildman–Crippen MR) is 104 cm³/mol. The lowest BCUT2D eigenvalue weighted by molar-refractivity contribution is 0.0503. The zero-order chi connectivity index (χ0) is 18.9. The van der Waals surface area contributed by atoms with E-state index in [-0.39, 0.29) is 6.04 Å². The first-order valence-electron chi connectivity index (χ1n) is 8.89. The molecule has 0 aromatic heterocycles. The first kappa shape index (κ1) is 20.8. The van der Waals surface area contributed by atoms with Gasteiger partial charge in [0, 0.05) is 5.69 Å². The molecule has 1 unspecified atom stereocenters. The van der Waals surface area contributed by atoms with Crippen LogP contribution in [-0.2, 0) is 11.2 Å². The maximum absolute atomic E-state index is 11.9. The Morgan fingerprint density at radius 1 is 1.32 bits per heavy atom. The molecular formula is C19H32N4O2. The van der Waals surface area contributed by atoms with Crippen molar-refractivity contribution in [2.45, 2.75) is 65.5 Å². The zero-order valence-corrected chi connectivity index (χ0v) is 16.1. The Balaban J connectivity index is 2.61. The van der Waals surface area contributed by atoms with Crippen LogP contribution in [0.3, 0.4) is 0 Å². The fourth-order valence-electron chi connectivity index (χ4n) is 2.30. The Bertz CT molecular complexity index is 579. The number of hydrogen-bond donors (Lipinski definition) is 3. The number of carbonyl (C=O) groups excluding carboxylic acids is 1. The van der Waals surface area contributed by atoms with Crippen LogP contribution in [0.15, 0.2) is 29.3 Å². The van der Waals surface area contributed by atoms with Gasteiger partial charge in [-0.3, -0.25) is 4.99 Å². The summed E-state index contributed by atoms with van der Waals surface area (Å²) in [5, 5.41) is 5.95. The van der Waals surface area contributed by atoms with Crippen molar-refractivity contribution in [1.29, 1.82) is 0 Å². The third-order valence-corrected chi connectivity index (χ3v) is 3.45. The summed E-state index contributed by atoms with van der Waals surface area (Å²) in [4.78, 5) is 16.3. The largest absolute Gasteiger partial charge is 0.444 e. The van der Waals surface area contributed by atoms with Gasteiger partial charge in [0.1, 0.15) is 5.60 Å². The molecule has 1 atom stereocenters. The minimum atomic E-state index is -0.519. The third-order valence-electron chi connectivity index (χ3n) is 3.45. The monoisotopic (exact) mass is 348 g/mol. The number of aryl methyl sites for hydroxylation is 1. The Hall–Kier alpha value is -2.24. The molecule has 0 spiro atoms. The number of hydrogen-bond acceptors (Lipinski definition) is 3. The third kappa shape index (κ3) is 8.98. The van der Waals surface area contributed by atoms with Gasteiger partial charge in [0.2, 0.25) is 0 Å². The molecule has 0 saturated heterocycles. The molecule has 0 aliphatic rings. The van der Waals surface area contributed by atoms with Crippen LogP contribution < -0.4 is 16.4 Å². The quantitative estimate of drug-likeness (QED) is 0.518. The molecule has 1 rings (SSSR count). The number of alkyl carbamates (subject to hydrolysis) is 1. The van der Waals surface area contributed by atoms with Crippen LogP contribution in [0.5, 0.6) is 0 Å². The molecule has 0 saturated carbocycles. The molecular weight excluding hydrogens is 316 g/mol. The molecule has 0 bridgehead atoms. The van der Waals surface area contributed by atoms with E-state index in [2.05, 4.69) is 35.5 Å². The second kappa shape index (κ2) is 9.91. The number of aliphatic imine (C=N–C) groups is 1. The lowest BCUT2D eigenvalue weighted by Crippen LogP contribution is -2.41. The molecule has 4 N–H and O–H groups in total. The van der Waals surface area contributed by atoms with Crippen molar-refractivity contribution in [3.63, 3.8) is 0 Å². The van der Waals surface area contributed by atoms with Crippen molar-refractivity contribution < 1.29 is 9.53 Å². The number of nitrogens with two attached hydrogens (primary N) is 1. The van der Waals surface area contributed by atoms with Crippen LogP contribution in [-0.4, -0.2) is 30.2 Å². The van der Waals surface area contributed by atoms with E-state index in [1.54, 1.807) is 0 Å². The van der Waals surface area contributed by atoms with Crippen molar-refractivity contribution in [3.8, 4) is 0 Å². The molecule has 1 aromatic carbocycles. The second-order valence-electron chi connectivity index (χ2n) is 7.04. The fraction of sp³-hybridized carbons (Fsp3) is 0.579. The molecule has 1 aromatic rings. The second-order valence-corrected chi connectivity index (χ2v) is 7.04. The fourth-order valence-corrected chi connectivity index (χ4v) is 2.30. The number of nitrogens with one attached hydrogen (secondary N) is 2. The van der Waals surface area contributed by atoms with Gasteiger partial charge in [-0.1, -0.05) is 32.4 Å². The Morgan fingerprint density at radius 2 is 2.04 bits per heavy atom. The summed E-state index contributed by atoms with van der Waals surface area (Å²) in [7, 11) is 0. The molecule has 6 nitrogen and oxygen atoms in total. The molecule has 0 aliphatic carbocycles. The standard InChI is InChI=1S/C19H32N4O2/c1-6-9-16(23-18(24)25-19(3,4)5)13-21-17(20)22-15-11-8-10-14(7-2)12-15/h8,10-12,16H,6-7,9,13H2,1-5H3,(H,23,24)(H3,20,21,22). The molecule has 6 heteroatoms. The average molecular weight is 348 g/mol. The lowest BCUT2D eigenvalue weighted by atomic mass is 10.1. The van der Waals surface area contributed by atoms with Crippen LogP contribution in [0.25, 0.3) is 0 Å². The Kier molecular flexibility index (Phi) is 8.25. The smallest absolute Gasteiger partial charge is 0.407 e. The van der Waals surface area contributed by atoms with Gasteiger partial charge in [0.15, 0.2) is 5.96 Å². The first-order valence-corrected chi connectivity index (χ1v) is 8.89. The van der Waals surface area contributed by atoms with E-state index in [4.69, 9.17) is 10.5 Å². The van der Waals surface area contributed by atoms with Crippen LogP contribution in [0.1, 0.15) is 53.0 Å². The van der Waals surface area contributed by atoms with Gasteiger partial charge in [0.05, 0.1) is 12.6 Å². The van der Waals surface area contributed by atoms with E-state index in [1.807, 2.05) is 39.0 Å². The highest BCUT2D eigenvalue weighted by atomic mass is 16.6. The Morgan fingerprint density at radius 3 is 2.64 bits per heavy atom. The van der Waals surface area contributed by atoms with Crippen molar-refractivity contribution in [2.75, 3.05) is 11.9 Å². The number of rotatable bonds is 7. The summed E-state index contributed by atoms with van der Waals surface area (Å²) < 4.78 is 5.30. The average Bonchev–Trinajstić information content (AvgIpc) is 2.51. The van der Waals surface area contributed by atoms with Crippen LogP contribution >= 0.6 is 0 Å². The molecule has 0 heterocycles. The van der Waals surface area contributed by atoms with E-state index < -0.39 is 11.7 Å². The van der Waals surface area contributed by atoms with Crippen LogP contribution in [0, 0.1) is 0 Å². The number of ether oxygens (including phenoxy) is 1. The van der Waals surface area contributed by atoms with Gasteiger partial charge in [-0.15, -0.1) is 0 Å². The highest BCUT2D eigenvalue weighted by Crippen LogP contribution is 2.11. The highest BCUT2D eigenvalue weighted by Gasteiger charge is 2.19. The van der Waals surface area contributed by atoms with Gasteiger partial charge in [-0.25, -0.2) is 4.79 Å². The zero-order valence-electron chi connectivity index (χ0n) is 16.1. The van der Waals surface area contributed by atoms with Crippen molar-refractivity contribution in [3.05, 3.63) is 29.8 Å². The molecule has 0 radical (unpaired) electrons. The summed E-state index contributed by atoms with van der Waals surface area (Å²) in [5.41, 5.74) is 7.59. The predicted octanol–water partition coefficient (Wildman–Crippen LogP) is 3.67. The van der Waals surface area contributed by atoms with Gasteiger partial charge in [-0.05, 0) is 51.3 Å². The van der Waals surface area contributed by atoms with E-state index in [0.29, 0.717) is 12.5 Å². The van der Waals surface area contributed by atoms with Crippen LogP contribution in [0.4, 0.5) is 10.5 Å². The number of guanidine groups is 1. The number of nitrogens with zero attached hydrogens (tertiary/aromatic N) is 1. The number of anilines is 1. The molecule has 0 fully saturated rings. The van der Waals surface area contributed by atoms with Gasteiger partial charge >= 0.3 is 6.09 Å². The number of amides is 1. The summed E-state index contributed by atoms with van der Waals surface area (Å²) in [6, 6.07) is 7.94. The van der Waals surface area contributed by atoms with Crippen molar-refractivity contribution in [1.82, 2.24) is 5.32 Å². The Labute approximate surface area is 151 Å². The highest BCUT2D eigenvalue weighted by molar-refractivity contribution is 5.92. The van der Waals surface area contributed by atoms with Gasteiger partial charge in [-0.2, -0.15) is 0 Å². The molecule has 1 amide bonds. The number of carbonyl (C=O) groups is 1. The summed E-state index contributed by atoms with van der Waals surface area (Å²) in [6.45, 7) is 10.1. The SMILES string of the molecule is CCCC(CN=C(N)Nc1cccc(CC)c1)NC(=O)OC(C)(C)C. The summed E-state index contributed by atoms with van der Waals surface area (Å²) >= 11 is 0. The van der Waals surface area contributed by atoms with Crippen molar-refractivity contribution >= 4 is 17.7 Å². The van der Waals surface area contributed by atoms with E-state index in [9.17, 15) is 4.79 Å². The molecule has 140 valence electrons. The van der Waals surface area contributed by atoms with Crippen molar-refractivity contribution in [2.24, 2.45) is 10.7 Å². The maximum atomic E-state index is 11.9. The normalized spacial score (nSPS) is 13.2. The number of benzene rings is 1. The van der Waals surface area contributed by atoms with E-state index in [0.717, 1.165) is 24.9 Å². The molecule has 25 heavy (non-hydrogen) atoms. The minimum absolute atomic E-state index is 0.109. The van der Waals surface area contributed by atoms with E-state index >= 15 is 0 Å². The lowest BCUT2D eigenvalue weighted by Gasteiger charge is -2.23. The molecule has 0 aliphatic heterocycles.